The van der Waals surface area contributed by atoms with Crippen LogP contribution < -0.4 is 0 Å². The van der Waals surface area contributed by atoms with E-state index in [1.54, 1.807) is 0 Å². The van der Waals surface area contributed by atoms with Crippen LogP contribution in [-0.4, -0.2) is 12.1 Å². The Morgan fingerprint density at radius 1 is 1.18 bits per heavy atom. The van der Waals surface area contributed by atoms with Crippen molar-refractivity contribution < 1.29 is 9.53 Å². The number of esters is 1. The van der Waals surface area contributed by atoms with Gasteiger partial charge in [-0.2, -0.15) is 0 Å². The lowest BCUT2D eigenvalue weighted by molar-refractivity contribution is -0.139. The Kier molecular flexibility index (Phi) is 5.59. The molecule has 2 heteroatoms. The second-order valence-electron chi connectivity index (χ2n) is 6.41. The maximum absolute atomic E-state index is 12.0. The first-order valence-corrected chi connectivity index (χ1v) is 8.05. The summed E-state index contributed by atoms with van der Waals surface area (Å²) in [5.74, 6) is -0.152. The van der Waals surface area contributed by atoms with Gasteiger partial charge in [0.2, 0.25) is 0 Å². The summed E-state index contributed by atoms with van der Waals surface area (Å²) in [6.45, 7) is 10.4. The quantitative estimate of drug-likeness (QED) is 0.491. The number of allylic oxidation sites excluding steroid dienone is 6. The summed E-state index contributed by atoms with van der Waals surface area (Å²) in [4.78, 5) is 12.0. The van der Waals surface area contributed by atoms with Gasteiger partial charge in [-0.1, -0.05) is 41.5 Å². The highest BCUT2D eigenvalue weighted by molar-refractivity contribution is 5.91. The van der Waals surface area contributed by atoms with E-state index in [1.807, 2.05) is 13.0 Å². The Hall–Kier alpha value is -1.83. The van der Waals surface area contributed by atoms with E-state index < -0.39 is 0 Å². The molecule has 0 radical (unpaired) electrons. The summed E-state index contributed by atoms with van der Waals surface area (Å²) in [6.07, 6.45) is 13.0. The SMILES string of the molecule is C=C(C)/C1=C\C=C(\C)CC/C=C(\C)C[C@H]2C=C(CC1)C(=O)O2. The molecule has 0 fully saturated rings. The van der Waals surface area contributed by atoms with Crippen LogP contribution in [0.3, 0.4) is 0 Å². The first-order valence-electron chi connectivity index (χ1n) is 8.05. The van der Waals surface area contributed by atoms with Crippen molar-refractivity contribution in [3.63, 3.8) is 0 Å². The summed E-state index contributed by atoms with van der Waals surface area (Å²) in [6, 6.07) is 0. The average Bonchev–Trinajstić information content (AvgIpc) is 2.77. The first kappa shape index (κ1) is 16.5. The van der Waals surface area contributed by atoms with E-state index in [1.165, 1.54) is 16.7 Å². The molecule has 2 aliphatic rings. The molecule has 118 valence electrons. The maximum Gasteiger partial charge on any atom is 0.334 e. The lowest BCUT2D eigenvalue weighted by Crippen LogP contribution is -2.08. The summed E-state index contributed by atoms with van der Waals surface area (Å²) in [5, 5.41) is 0. The first-order chi connectivity index (χ1) is 10.5. The van der Waals surface area contributed by atoms with Gasteiger partial charge in [0.15, 0.2) is 0 Å². The van der Waals surface area contributed by atoms with Crippen molar-refractivity contribution in [3.05, 3.63) is 58.7 Å². The third-order valence-corrected chi connectivity index (χ3v) is 4.24. The van der Waals surface area contributed by atoms with E-state index >= 15 is 0 Å². The van der Waals surface area contributed by atoms with Gasteiger partial charge >= 0.3 is 5.97 Å². The molecule has 2 nitrogen and oxygen atoms in total. The van der Waals surface area contributed by atoms with E-state index in [-0.39, 0.29) is 12.1 Å². The van der Waals surface area contributed by atoms with Gasteiger partial charge in [-0.05, 0) is 58.1 Å². The Morgan fingerprint density at radius 3 is 2.68 bits per heavy atom. The summed E-state index contributed by atoms with van der Waals surface area (Å²) >= 11 is 0. The van der Waals surface area contributed by atoms with Crippen LogP contribution in [0.15, 0.2) is 58.7 Å². The Morgan fingerprint density at radius 2 is 1.95 bits per heavy atom. The van der Waals surface area contributed by atoms with Crippen molar-refractivity contribution in [1.82, 2.24) is 0 Å². The van der Waals surface area contributed by atoms with E-state index in [0.29, 0.717) is 0 Å². The molecular weight excluding hydrogens is 272 g/mol. The van der Waals surface area contributed by atoms with Gasteiger partial charge < -0.3 is 4.74 Å². The van der Waals surface area contributed by atoms with Crippen LogP contribution in [0.1, 0.15) is 52.9 Å². The van der Waals surface area contributed by atoms with Gasteiger partial charge in [0.05, 0.1) is 0 Å². The lowest BCUT2D eigenvalue weighted by Gasteiger charge is -2.08. The van der Waals surface area contributed by atoms with Gasteiger partial charge in [0.25, 0.3) is 0 Å². The maximum atomic E-state index is 12.0. The summed E-state index contributed by atoms with van der Waals surface area (Å²) in [5.41, 5.74) is 5.74. The number of rotatable bonds is 1. The van der Waals surface area contributed by atoms with E-state index in [2.05, 4.69) is 38.7 Å². The second kappa shape index (κ2) is 7.44. The molecule has 1 aliphatic carbocycles. The zero-order chi connectivity index (χ0) is 16.1. The predicted molar refractivity (Wildman–Crippen MR) is 91.5 cm³/mol. The van der Waals surface area contributed by atoms with Crippen molar-refractivity contribution in [2.24, 2.45) is 0 Å². The summed E-state index contributed by atoms with van der Waals surface area (Å²) < 4.78 is 5.46. The smallest absolute Gasteiger partial charge is 0.334 e. The highest BCUT2D eigenvalue weighted by Gasteiger charge is 2.25. The molecule has 1 aliphatic heterocycles. The van der Waals surface area contributed by atoms with Crippen molar-refractivity contribution in [2.75, 3.05) is 0 Å². The molecule has 0 unspecified atom stereocenters. The molecule has 0 saturated heterocycles. The van der Waals surface area contributed by atoms with Crippen LogP contribution >= 0.6 is 0 Å². The molecule has 0 aromatic carbocycles. The van der Waals surface area contributed by atoms with Crippen LogP contribution in [-0.2, 0) is 9.53 Å². The fraction of sp³-hybridized carbons (Fsp3) is 0.450. The molecule has 0 aromatic rings. The molecule has 22 heavy (non-hydrogen) atoms. The van der Waals surface area contributed by atoms with Gasteiger partial charge in [-0.25, -0.2) is 4.79 Å². The number of ether oxygens (including phenoxy) is 1. The highest BCUT2D eigenvalue weighted by atomic mass is 16.5. The molecule has 2 rings (SSSR count). The van der Waals surface area contributed by atoms with E-state index in [4.69, 9.17) is 4.74 Å². The number of hydrogen-bond acceptors (Lipinski definition) is 2. The Labute approximate surface area is 133 Å². The Bertz CT molecular complexity index is 585. The summed E-state index contributed by atoms with van der Waals surface area (Å²) in [7, 11) is 0. The molecule has 0 N–H and O–H groups in total. The molecule has 1 heterocycles. The second-order valence-corrected chi connectivity index (χ2v) is 6.41. The lowest BCUT2D eigenvalue weighted by atomic mass is 9.97. The fourth-order valence-electron chi connectivity index (χ4n) is 2.81. The van der Waals surface area contributed by atoms with Crippen molar-refractivity contribution >= 4 is 5.97 Å². The standard InChI is InChI=1S/C20H26O2/c1-14(2)17-9-8-15(3)6-5-7-16(4)12-19-13-18(11-10-17)20(21)22-19/h7-9,13,19H,1,5-6,10-12H2,2-4H3/b15-8-,16-7+,17-9-/t19-/m0/s1. The third-order valence-electron chi connectivity index (χ3n) is 4.24. The molecule has 0 aromatic heterocycles. The van der Waals surface area contributed by atoms with Gasteiger partial charge in [-0.3, -0.25) is 0 Å². The van der Waals surface area contributed by atoms with Gasteiger partial charge in [0.1, 0.15) is 6.10 Å². The average molecular weight is 298 g/mol. The number of fused-ring (bicyclic) bond motifs is 1. The van der Waals surface area contributed by atoms with Crippen LogP contribution in [0.25, 0.3) is 0 Å². The zero-order valence-electron chi connectivity index (χ0n) is 13.9. The van der Waals surface area contributed by atoms with Crippen LogP contribution in [0.4, 0.5) is 0 Å². The van der Waals surface area contributed by atoms with Gasteiger partial charge in [0, 0.05) is 12.0 Å². The number of hydrogen-bond donors (Lipinski definition) is 0. The molecular formula is C20H26O2. The van der Waals surface area contributed by atoms with E-state index in [9.17, 15) is 4.79 Å². The van der Waals surface area contributed by atoms with Crippen LogP contribution in [0.5, 0.6) is 0 Å². The molecule has 2 bridgehead atoms. The predicted octanol–water partition coefficient (Wildman–Crippen LogP) is 5.20. The normalized spacial score (nSPS) is 30.7. The highest BCUT2D eigenvalue weighted by Crippen LogP contribution is 2.26. The van der Waals surface area contributed by atoms with Crippen molar-refractivity contribution in [1.29, 1.82) is 0 Å². The van der Waals surface area contributed by atoms with Gasteiger partial charge in [-0.15, -0.1) is 0 Å². The number of carbonyl (C=O) groups excluding carboxylic acids is 1. The largest absolute Gasteiger partial charge is 0.454 e. The van der Waals surface area contributed by atoms with E-state index in [0.717, 1.165) is 43.3 Å². The third kappa shape index (κ3) is 4.59. The topological polar surface area (TPSA) is 26.3 Å². The number of carbonyl (C=O) groups is 1. The molecule has 0 saturated carbocycles. The minimum atomic E-state index is -0.152. The molecule has 0 amide bonds. The van der Waals surface area contributed by atoms with Crippen LogP contribution in [0, 0.1) is 0 Å². The zero-order valence-corrected chi connectivity index (χ0v) is 13.9. The van der Waals surface area contributed by atoms with Crippen molar-refractivity contribution in [3.8, 4) is 0 Å². The molecule has 0 spiro atoms. The van der Waals surface area contributed by atoms with Crippen LogP contribution in [0.2, 0.25) is 0 Å². The minimum absolute atomic E-state index is 0.0874. The Balaban J connectivity index is 2.25. The molecule has 1 atom stereocenters. The monoisotopic (exact) mass is 298 g/mol. The minimum Gasteiger partial charge on any atom is -0.454 e. The fourth-order valence-corrected chi connectivity index (χ4v) is 2.81. The van der Waals surface area contributed by atoms with Crippen molar-refractivity contribution in [2.45, 2.75) is 59.0 Å².